The molecule has 3 amide bonds. The molecule has 2 aromatic carbocycles. The number of hydrogen-bond acceptors (Lipinski definition) is 4. The number of nitrogens with one attached hydrogen (secondary N) is 3. The highest BCUT2D eigenvalue weighted by Gasteiger charge is 2.49. The van der Waals surface area contributed by atoms with Crippen LogP contribution in [-0.4, -0.2) is 53.3 Å². The van der Waals surface area contributed by atoms with Crippen molar-refractivity contribution in [1.29, 1.82) is 0 Å². The Morgan fingerprint density at radius 3 is 2.28 bits per heavy atom. The van der Waals surface area contributed by atoms with Crippen molar-refractivity contribution in [2.45, 2.75) is 103 Å². The van der Waals surface area contributed by atoms with Gasteiger partial charge in [0.15, 0.2) is 0 Å². The number of likely N-dealkylation sites (tertiary alicyclic amines) is 1. The van der Waals surface area contributed by atoms with Gasteiger partial charge in [0.25, 0.3) is 0 Å². The third-order valence-corrected chi connectivity index (χ3v) is 9.91. The van der Waals surface area contributed by atoms with E-state index in [4.69, 9.17) is 11.6 Å². The Labute approximate surface area is 261 Å². The summed E-state index contributed by atoms with van der Waals surface area (Å²) in [6, 6.07) is 14.5. The Hall–Kier alpha value is -2.90. The summed E-state index contributed by atoms with van der Waals surface area (Å²) >= 11 is 6.13. The summed E-state index contributed by atoms with van der Waals surface area (Å²) in [5.41, 5.74) is 2.52. The first-order valence-corrected chi connectivity index (χ1v) is 16.4. The van der Waals surface area contributed by atoms with Gasteiger partial charge in [-0.3, -0.25) is 14.4 Å². The van der Waals surface area contributed by atoms with Crippen LogP contribution in [0.4, 0.5) is 0 Å². The molecule has 1 saturated carbocycles. The van der Waals surface area contributed by atoms with Gasteiger partial charge in [-0.25, -0.2) is 0 Å². The molecule has 43 heavy (non-hydrogen) atoms. The summed E-state index contributed by atoms with van der Waals surface area (Å²) < 4.78 is 0. The highest BCUT2D eigenvalue weighted by molar-refractivity contribution is 6.30. The standard InChI is InChI=1S/C35H47ClN4O3/c1-34(2,3)39-33(43)35(27-11-5-4-6-12-27)17-19-40(20-18-35)32(42)30(21-24-13-15-28(36)16-14-24)38-31(41)29-22-25-9-7-8-10-26(25)23-37-29/h7-10,13-16,27,29-30,37H,4-6,11-12,17-23H2,1-3H3,(H,38,41)(H,39,43). The minimum absolute atomic E-state index is 0.0898. The van der Waals surface area contributed by atoms with Crippen LogP contribution in [0.15, 0.2) is 48.5 Å². The van der Waals surface area contributed by atoms with Crippen LogP contribution < -0.4 is 16.0 Å². The third kappa shape index (κ3) is 7.61. The van der Waals surface area contributed by atoms with Gasteiger partial charge in [0, 0.05) is 36.6 Å². The second-order valence-electron chi connectivity index (χ2n) is 13.8. The van der Waals surface area contributed by atoms with Crippen molar-refractivity contribution in [3.8, 4) is 0 Å². The van der Waals surface area contributed by atoms with Crippen molar-refractivity contribution in [1.82, 2.24) is 20.9 Å². The Morgan fingerprint density at radius 1 is 0.977 bits per heavy atom. The first-order chi connectivity index (χ1) is 20.5. The number of amides is 3. The van der Waals surface area contributed by atoms with Crippen LogP contribution in [0.2, 0.25) is 5.02 Å². The van der Waals surface area contributed by atoms with Crippen LogP contribution in [-0.2, 0) is 33.8 Å². The molecule has 2 unspecified atom stereocenters. The molecule has 2 aliphatic heterocycles. The predicted molar refractivity (Wildman–Crippen MR) is 171 cm³/mol. The number of nitrogens with zero attached hydrogens (tertiary/aromatic N) is 1. The predicted octanol–water partition coefficient (Wildman–Crippen LogP) is 5.19. The molecule has 7 nitrogen and oxygen atoms in total. The fourth-order valence-electron chi connectivity index (χ4n) is 7.26. The fourth-order valence-corrected chi connectivity index (χ4v) is 7.38. The van der Waals surface area contributed by atoms with E-state index in [0.717, 1.165) is 36.8 Å². The zero-order chi connectivity index (χ0) is 30.6. The molecule has 0 bridgehead atoms. The molecule has 0 spiro atoms. The van der Waals surface area contributed by atoms with Gasteiger partial charge >= 0.3 is 0 Å². The van der Waals surface area contributed by atoms with Crippen molar-refractivity contribution in [3.05, 3.63) is 70.2 Å². The molecule has 3 N–H and O–H groups in total. The molecule has 1 saturated heterocycles. The number of carbonyl (C=O) groups excluding carboxylic acids is 3. The highest BCUT2D eigenvalue weighted by atomic mass is 35.5. The van der Waals surface area contributed by atoms with Crippen LogP contribution in [0.25, 0.3) is 0 Å². The zero-order valence-corrected chi connectivity index (χ0v) is 26.6. The molecule has 0 aromatic heterocycles. The second kappa shape index (κ2) is 13.4. The molecular formula is C35H47ClN4O3. The summed E-state index contributed by atoms with van der Waals surface area (Å²) in [4.78, 5) is 43.4. The van der Waals surface area contributed by atoms with E-state index in [1.165, 1.54) is 12.0 Å². The van der Waals surface area contributed by atoms with Crippen LogP contribution >= 0.6 is 11.6 Å². The molecule has 0 radical (unpaired) electrons. The molecule has 3 aliphatic rings. The molecule has 2 fully saturated rings. The maximum absolute atomic E-state index is 14.1. The largest absolute Gasteiger partial charge is 0.351 e. The Morgan fingerprint density at radius 2 is 1.63 bits per heavy atom. The first-order valence-electron chi connectivity index (χ1n) is 16.0. The number of benzene rings is 2. The van der Waals surface area contributed by atoms with Gasteiger partial charge in [0.1, 0.15) is 6.04 Å². The molecule has 2 aromatic rings. The second-order valence-corrected chi connectivity index (χ2v) is 14.3. The van der Waals surface area contributed by atoms with Gasteiger partial charge in [-0.1, -0.05) is 67.3 Å². The maximum Gasteiger partial charge on any atom is 0.245 e. The van der Waals surface area contributed by atoms with Crippen LogP contribution in [0.1, 0.15) is 82.4 Å². The lowest BCUT2D eigenvalue weighted by molar-refractivity contribution is -0.147. The van der Waals surface area contributed by atoms with Crippen molar-refractivity contribution in [2.24, 2.45) is 11.3 Å². The molecular weight excluding hydrogens is 560 g/mol. The first kappa shape index (κ1) is 31.5. The van der Waals surface area contributed by atoms with Crippen molar-refractivity contribution in [3.63, 3.8) is 0 Å². The van der Waals surface area contributed by atoms with E-state index >= 15 is 0 Å². The molecule has 232 valence electrons. The number of rotatable bonds is 7. The normalized spacial score (nSPS) is 21.4. The number of halogens is 1. The number of hydrogen-bond donors (Lipinski definition) is 3. The quantitative estimate of drug-likeness (QED) is 0.405. The van der Waals surface area contributed by atoms with Gasteiger partial charge in [-0.2, -0.15) is 0 Å². The Kier molecular flexibility index (Phi) is 9.82. The molecule has 2 heterocycles. The summed E-state index contributed by atoms with van der Waals surface area (Å²) in [6.07, 6.45) is 7.93. The molecule has 5 rings (SSSR count). The molecule has 8 heteroatoms. The molecule has 2 atom stereocenters. The number of piperidine rings is 1. The van der Waals surface area contributed by atoms with E-state index in [1.807, 2.05) is 62.1 Å². The van der Waals surface area contributed by atoms with Crippen molar-refractivity contribution >= 4 is 29.3 Å². The van der Waals surface area contributed by atoms with E-state index in [0.29, 0.717) is 56.3 Å². The van der Waals surface area contributed by atoms with Gasteiger partial charge in [0.2, 0.25) is 17.7 Å². The summed E-state index contributed by atoms with van der Waals surface area (Å²) in [6.45, 7) is 7.73. The van der Waals surface area contributed by atoms with Gasteiger partial charge in [0.05, 0.1) is 11.5 Å². The average molecular weight is 607 g/mol. The van der Waals surface area contributed by atoms with Gasteiger partial charge < -0.3 is 20.9 Å². The maximum atomic E-state index is 14.1. The average Bonchev–Trinajstić information content (AvgIpc) is 3.00. The lowest BCUT2D eigenvalue weighted by Gasteiger charge is -2.48. The van der Waals surface area contributed by atoms with Crippen molar-refractivity contribution in [2.75, 3.05) is 13.1 Å². The minimum atomic E-state index is -0.710. The zero-order valence-electron chi connectivity index (χ0n) is 25.9. The Balaban J connectivity index is 1.31. The van der Waals surface area contributed by atoms with E-state index in [1.54, 1.807) is 0 Å². The summed E-state index contributed by atoms with van der Waals surface area (Å²) in [5.74, 6) is 0.215. The Bertz CT molecular complexity index is 1290. The minimum Gasteiger partial charge on any atom is -0.351 e. The van der Waals surface area contributed by atoms with Crippen molar-refractivity contribution < 1.29 is 14.4 Å². The summed E-state index contributed by atoms with van der Waals surface area (Å²) in [7, 11) is 0. The van der Waals surface area contributed by atoms with E-state index < -0.39 is 17.5 Å². The topological polar surface area (TPSA) is 90.5 Å². The highest BCUT2D eigenvalue weighted by Crippen LogP contribution is 2.46. The lowest BCUT2D eigenvalue weighted by Crippen LogP contribution is -2.60. The lowest BCUT2D eigenvalue weighted by atomic mass is 9.63. The van der Waals surface area contributed by atoms with Gasteiger partial charge in [-0.05, 0) is 87.6 Å². The molecule has 1 aliphatic carbocycles. The van der Waals surface area contributed by atoms with E-state index in [2.05, 4.69) is 28.1 Å². The number of fused-ring (bicyclic) bond motifs is 1. The van der Waals surface area contributed by atoms with Gasteiger partial charge in [-0.15, -0.1) is 0 Å². The number of carbonyl (C=O) groups is 3. The van der Waals surface area contributed by atoms with E-state index in [-0.39, 0.29) is 23.3 Å². The summed E-state index contributed by atoms with van der Waals surface area (Å²) in [5, 5.41) is 10.4. The third-order valence-electron chi connectivity index (χ3n) is 9.66. The smallest absolute Gasteiger partial charge is 0.245 e. The van der Waals surface area contributed by atoms with Crippen LogP contribution in [0, 0.1) is 11.3 Å². The van der Waals surface area contributed by atoms with Crippen LogP contribution in [0.3, 0.4) is 0 Å². The fraction of sp³-hybridized carbons (Fsp3) is 0.571. The van der Waals surface area contributed by atoms with Crippen LogP contribution in [0.5, 0.6) is 0 Å². The SMILES string of the molecule is CC(C)(C)NC(=O)C1(C2CCCCC2)CCN(C(=O)C(Cc2ccc(Cl)cc2)NC(=O)C2Cc3ccccc3CN2)CC1. The van der Waals surface area contributed by atoms with E-state index in [9.17, 15) is 14.4 Å². The monoisotopic (exact) mass is 606 g/mol.